The van der Waals surface area contributed by atoms with E-state index in [0.29, 0.717) is 36.9 Å². The molecule has 8 heteroatoms. The van der Waals surface area contributed by atoms with Crippen LogP contribution >= 0.6 is 0 Å². The molecule has 2 fully saturated rings. The van der Waals surface area contributed by atoms with Crippen LogP contribution in [0.4, 0.5) is 13.2 Å². The molecule has 0 radical (unpaired) electrons. The lowest BCUT2D eigenvalue weighted by atomic mass is 9.68. The summed E-state index contributed by atoms with van der Waals surface area (Å²) >= 11 is 0. The number of benzene rings is 1. The summed E-state index contributed by atoms with van der Waals surface area (Å²) in [5, 5.41) is 0.715. The highest BCUT2D eigenvalue weighted by molar-refractivity contribution is 5.86. The maximum atomic E-state index is 13.3. The lowest BCUT2D eigenvalue weighted by molar-refractivity contribution is -0.143. The summed E-state index contributed by atoms with van der Waals surface area (Å²) in [4.78, 5) is 19.7. The summed E-state index contributed by atoms with van der Waals surface area (Å²) in [5.41, 5.74) is 2.38. The molecular weight excluding hydrogens is 407 g/mol. The van der Waals surface area contributed by atoms with Gasteiger partial charge in [0.15, 0.2) is 0 Å². The average Bonchev–Trinajstić information content (AvgIpc) is 3.10. The average molecular weight is 435 g/mol. The van der Waals surface area contributed by atoms with Gasteiger partial charge in [-0.05, 0) is 60.9 Å². The Kier molecular flexibility index (Phi) is 5.25. The number of carbonyl (C=O) groups excluding carboxylic acids is 1. The Labute approximate surface area is 179 Å². The minimum absolute atomic E-state index is 0.0519. The second-order valence-corrected chi connectivity index (χ2v) is 9.21. The summed E-state index contributed by atoms with van der Waals surface area (Å²) in [5.74, 6) is 1.20. The molecule has 3 atom stereocenters. The number of amides is 1. The number of nitrogens with one attached hydrogen (secondary N) is 1. The molecule has 1 aliphatic carbocycles. The van der Waals surface area contributed by atoms with Gasteiger partial charge in [-0.3, -0.25) is 4.79 Å². The number of aromatic nitrogens is 1. The zero-order chi connectivity index (χ0) is 21.8. The van der Waals surface area contributed by atoms with Gasteiger partial charge in [0.2, 0.25) is 5.91 Å². The zero-order valence-electron chi connectivity index (χ0n) is 17.7. The molecule has 2 unspecified atom stereocenters. The number of fused-ring (bicyclic) bond motifs is 4. The van der Waals surface area contributed by atoms with E-state index in [9.17, 15) is 18.0 Å². The van der Waals surface area contributed by atoms with E-state index in [-0.39, 0.29) is 18.4 Å². The highest BCUT2D eigenvalue weighted by Crippen LogP contribution is 2.46. The van der Waals surface area contributed by atoms with Gasteiger partial charge in [0.05, 0.1) is 12.2 Å². The van der Waals surface area contributed by atoms with Crippen LogP contribution in [0.2, 0.25) is 0 Å². The maximum Gasteiger partial charge on any atom is 0.416 e. The largest absolute Gasteiger partial charge is 0.416 e. The van der Waals surface area contributed by atoms with Crippen molar-refractivity contribution in [1.82, 2.24) is 14.8 Å². The molecule has 1 amide bonds. The smallest absolute Gasteiger partial charge is 0.370 e. The third kappa shape index (κ3) is 3.84. The van der Waals surface area contributed by atoms with E-state index in [1.165, 1.54) is 6.07 Å². The van der Waals surface area contributed by atoms with Crippen LogP contribution in [0.3, 0.4) is 0 Å². The van der Waals surface area contributed by atoms with Crippen LogP contribution in [0.25, 0.3) is 10.9 Å². The number of ether oxygens (including phenoxy) is 1. The number of nitrogens with zero attached hydrogens (tertiary/aromatic N) is 2. The Morgan fingerprint density at radius 2 is 2.06 bits per heavy atom. The number of H-pyrrole nitrogens is 1. The molecule has 168 valence electrons. The number of aromatic amines is 1. The van der Waals surface area contributed by atoms with Gasteiger partial charge < -0.3 is 19.5 Å². The molecule has 0 spiro atoms. The van der Waals surface area contributed by atoms with Crippen molar-refractivity contribution in [1.29, 1.82) is 0 Å². The van der Waals surface area contributed by atoms with Gasteiger partial charge in [0, 0.05) is 42.8 Å². The molecule has 31 heavy (non-hydrogen) atoms. The maximum absolute atomic E-state index is 13.3. The Hall–Kier alpha value is -2.06. The minimum atomic E-state index is -4.34. The molecule has 5 nitrogen and oxygen atoms in total. The van der Waals surface area contributed by atoms with Crippen molar-refractivity contribution >= 4 is 16.8 Å². The molecule has 5 rings (SSSR count). The Bertz CT molecular complexity index is 986. The monoisotopic (exact) mass is 435 g/mol. The molecule has 2 aromatic rings. The quantitative estimate of drug-likeness (QED) is 0.801. The first-order valence-electron chi connectivity index (χ1n) is 11.1. The number of likely N-dealkylation sites (tertiary alicyclic amines) is 1. The summed E-state index contributed by atoms with van der Waals surface area (Å²) in [7, 11) is 0. The third-order valence-corrected chi connectivity index (χ3v) is 7.47. The topological polar surface area (TPSA) is 48.6 Å². The lowest BCUT2D eigenvalue weighted by Gasteiger charge is -2.45. The number of hydrogen-bond acceptors (Lipinski definition) is 3. The van der Waals surface area contributed by atoms with Gasteiger partial charge in [-0.2, -0.15) is 13.2 Å². The van der Waals surface area contributed by atoms with E-state index in [1.54, 1.807) is 6.07 Å². The molecule has 0 saturated carbocycles. The van der Waals surface area contributed by atoms with Gasteiger partial charge in [0.25, 0.3) is 0 Å². The molecule has 3 aliphatic rings. The number of hydrogen-bond donors (Lipinski definition) is 1. The molecule has 2 saturated heterocycles. The Morgan fingerprint density at radius 3 is 2.84 bits per heavy atom. The number of carbonyl (C=O) groups is 1. The van der Waals surface area contributed by atoms with E-state index in [2.05, 4.69) is 16.8 Å². The first-order chi connectivity index (χ1) is 14.8. The van der Waals surface area contributed by atoms with Crippen molar-refractivity contribution in [2.45, 2.75) is 31.9 Å². The van der Waals surface area contributed by atoms with E-state index < -0.39 is 11.7 Å². The van der Waals surface area contributed by atoms with Crippen LogP contribution in [-0.4, -0.2) is 66.6 Å². The minimum Gasteiger partial charge on any atom is -0.370 e. The predicted molar refractivity (Wildman–Crippen MR) is 111 cm³/mol. The van der Waals surface area contributed by atoms with Gasteiger partial charge >= 0.3 is 6.18 Å². The molecule has 1 aromatic carbocycles. The second kappa shape index (κ2) is 7.81. The van der Waals surface area contributed by atoms with E-state index in [4.69, 9.17) is 4.74 Å². The van der Waals surface area contributed by atoms with Crippen LogP contribution in [-0.2, 0) is 22.1 Å². The normalized spacial score (nSPS) is 27.4. The molecular formula is C23H28F3N3O2. The third-order valence-electron chi connectivity index (χ3n) is 7.47. The van der Waals surface area contributed by atoms with E-state index >= 15 is 0 Å². The van der Waals surface area contributed by atoms with Crippen molar-refractivity contribution in [2.75, 3.05) is 45.9 Å². The first kappa shape index (κ1) is 20.8. The fourth-order valence-electron chi connectivity index (χ4n) is 5.77. The number of halogens is 3. The van der Waals surface area contributed by atoms with Crippen molar-refractivity contribution in [3.05, 3.63) is 35.0 Å². The van der Waals surface area contributed by atoms with Crippen LogP contribution in [0, 0.1) is 11.8 Å². The SMILES string of the molecule is CC1c2c([nH]c3ccc(C(F)(F)F)cc23)CC2CCN(CCN3CCOCC3=O)C[C@@H]21. The van der Waals surface area contributed by atoms with Crippen molar-refractivity contribution in [3.8, 4) is 0 Å². The number of morpholine rings is 1. The molecule has 1 aromatic heterocycles. The van der Waals surface area contributed by atoms with Crippen LogP contribution < -0.4 is 0 Å². The number of rotatable bonds is 3. The lowest BCUT2D eigenvalue weighted by Crippen LogP contribution is -2.49. The van der Waals surface area contributed by atoms with Gasteiger partial charge in [-0.15, -0.1) is 0 Å². The van der Waals surface area contributed by atoms with Gasteiger partial charge in [-0.1, -0.05) is 6.92 Å². The standard InChI is InChI=1S/C23H28F3N3O2/c1-14-18-12-28(6-7-29-8-9-31-13-21(29)30)5-4-15(18)10-20-22(14)17-11-16(23(24,25)26)2-3-19(17)27-20/h2-3,11,14-15,18,27H,4-10,12-13H2,1H3/t14?,15?,18-/m1/s1. The summed E-state index contributed by atoms with van der Waals surface area (Å²) in [6, 6.07) is 4.04. The molecule has 0 bridgehead atoms. The highest BCUT2D eigenvalue weighted by Gasteiger charge is 2.40. The van der Waals surface area contributed by atoms with Crippen LogP contribution in [0.1, 0.15) is 36.1 Å². The van der Waals surface area contributed by atoms with Gasteiger partial charge in [0.1, 0.15) is 6.61 Å². The van der Waals surface area contributed by atoms with Crippen molar-refractivity contribution in [3.63, 3.8) is 0 Å². The van der Waals surface area contributed by atoms with E-state index in [1.807, 2.05) is 4.90 Å². The first-order valence-corrected chi connectivity index (χ1v) is 11.1. The number of piperidine rings is 1. The molecule has 1 N–H and O–H groups in total. The van der Waals surface area contributed by atoms with E-state index in [0.717, 1.165) is 55.3 Å². The number of alkyl halides is 3. The van der Waals surface area contributed by atoms with Crippen molar-refractivity contribution < 1.29 is 22.7 Å². The molecule has 3 heterocycles. The predicted octanol–water partition coefficient (Wildman–Crippen LogP) is 3.64. The summed E-state index contributed by atoms with van der Waals surface area (Å²) in [6.07, 6.45) is -2.36. The zero-order valence-corrected chi connectivity index (χ0v) is 17.7. The van der Waals surface area contributed by atoms with Gasteiger partial charge in [-0.25, -0.2) is 0 Å². The highest BCUT2D eigenvalue weighted by atomic mass is 19.4. The summed E-state index contributed by atoms with van der Waals surface area (Å²) < 4.78 is 45.1. The van der Waals surface area contributed by atoms with Crippen LogP contribution in [0.15, 0.2) is 18.2 Å². The van der Waals surface area contributed by atoms with Crippen LogP contribution in [0.5, 0.6) is 0 Å². The van der Waals surface area contributed by atoms with Crippen molar-refractivity contribution in [2.24, 2.45) is 11.8 Å². The fraction of sp³-hybridized carbons (Fsp3) is 0.609. The fourth-order valence-corrected chi connectivity index (χ4v) is 5.77. The second-order valence-electron chi connectivity index (χ2n) is 9.21. The Balaban J connectivity index is 1.34. The summed E-state index contributed by atoms with van der Waals surface area (Å²) in [6.45, 7) is 7.05. The Morgan fingerprint density at radius 1 is 1.23 bits per heavy atom. The molecule has 2 aliphatic heterocycles.